The van der Waals surface area contributed by atoms with E-state index in [-0.39, 0.29) is 48.2 Å². The van der Waals surface area contributed by atoms with E-state index in [1.54, 1.807) is 19.2 Å². The molecule has 1 aliphatic heterocycles. The van der Waals surface area contributed by atoms with Crippen molar-refractivity contribution in [3.8, 4) is 11.5 Å². The summed E-state index contributed by atoms with van der Waals surface area (Å²) in [7, 11) is 1.67. The van der Waals surface area contributed by atoms with Crippen LogP contribution in [0.1, 0.15) is 5.56 Å². The number of hydrogen-bond donors (Lipinski definition) is 3. The molecule has 2 aromatic rings. The summed E-state index contributed by atoms with van der Waals surface area (Å²) in [5.74, 6) is 1.58. The van der Waals surface area contributed by atoms with Crippen LogP contribution in [0, 0.1) is 5.82 Å². The zero-order valence-electron chi connectivity index (χ0n) is 16.7. The lowest BCUT2D eigenvalue weighted by molar-refractivity contribution is -0.120. The van der Waals surface area contributed by atoms with Gasteiger partial charge in [-0.2, -0.15) is 0 Å². The Labute approximate surface area is 192 Å². The van der Waals surface area contributed by atoms with Crippen molar-refractivity contribution in [2.24, 2.45) is 4.99 Å². The molecule has 30 heavy (non-hydrogen) atoms. The first-order valence-electron chi connectivity index (χ1n) is 9.48. The quantitative estimate of drug-likeness (QED) is 0.222. The first-order valence-corrected chi connectivity index (χ1v) is 9.48. The molecule has 0 bridgehead atoms. The Bertz CT molecular complexity index is 866. The highest BCUT2D eigenvalue weighted by atomic mass is 127. The predicted molar refractivity (Wildman–Crippen MR) is 124 cm³/mol. The smallest absolute Gasteiger partial charge is 0.224 e. The van der Waals surface area contributed by atoms with Crippen molar-refractivity contribution in [2.75, 3.05) is 33.3 Å². The molecular formula is C21H26FIN4O3. The van der Waals surface area contributed by atoms with Gasteiger partial charge in [-0.05, 0) is 29.8 Å². The summed E-state index contributed by atoms with van der Waals surface area (Å²) in [6.45, 7) is 1.90. The fourth-order valence-electron chi connectivity index (χ4n) is 2.87. The highest BCUT2D eigenvalue weighted by molar-refractivity contribution is 14.0. The van der Waals surface area contributed by atoms with Gasteiger partial charge in [-0.3, -0.25) is 9.79 Å². The van der Waals surface area contributed by atoms with Gasteiger partial charge in [0, 0.05) is 20.1 Å². The molecule has 0 spiro atoms. The Balaban J connectivity index is 0.00000320. The van der Waals surface area contributed by atoms with Crippen LogP contribution in [0.2, 0.25) is 0 Å². The van der Waals surface area contributed by atoms with Gasteiger partial charge in [0.05, 0.1) is 13.0 Å². The van der Waals surface area contributed by atoms with Crippen LogP contribution < -0.4 is 25.4 Å². The summed E-state index contributed by atoms with van der Waals surface area (Å²) in [5, 5.41) is 9.10. The normalized spacial score (nSPS) is 15.0. The summed E-state index contributed by atoms with van der Waals surface area (Å²) in [6.07, 6.45) is 0.0139. The minimum atomic E-state index is -0.345. The van der Waals surface area contributed by atoms with Gasteiger partial charge in [0.1, 0.15) is 18.5 Å². The third-order valence-electron chi connectivity index (χ3n) is 4.28. The number of nitrogens with one attached hydrogen (secondary N) is 3. The molecule has 7 nitrogen and oxygen atoms in total. The maximum atomic E-state index is 13.2. The van der Waals surface area contributed by atoms with Crippen molar-refractivity contribution < 1.29 is 18.7 Å². The topological polar surface area (TPSA) is 84.0 Å². The summed E-state index contributed by atoms with van der Waals surface area (Å²) in [6, 6.07) is 13.6. The van der Waals surface area contributed by atoms with Crippen molar-refractivity contribution in [3.05, 3.63) is 59.9 Å². The first-order chi connectivity index (χ1) is 14.1. The van der Waals surface area contributed by atoms with Crippen LogP contribution in [0.3, 0.4) is 0 Å². The number of benzene rings is 2. The van der Waals surface area contributed by atoms with Crippen molar-refractivity contribution >= 4 is 35.8 Å². The van der Waals surface area contributed by atoms with Gasteiger partial charge in [0.25, 0.3) is 0 Å². The zero-order valence-corrected chi connectivity index (χ0v) is 19.0. The van der Waals surface area contributed by atoms with Crippen LogP contribution in [0.5, 0.6) is 11.5 Å². The minimum Gasteiger partial charge on any atom is -0.486 e. The van der Waals surface area contributed by atoms with Gasteiger partial charge in [-0.1, -0.05) is 24.3 Å². The van der Waals surface area contributed by atoms with Gasteiger partial charge in [0.2, 0.25) is 5.91 Å². The van der Waals surface area contributed by atoms with Crippen molar-refractivity contribution in [3.63, 3.8) is 0 Å². The molecule has 1 unspecified atom stereocenters. The van der Waals surface area contributed by atoms with Crippen LogP contribution in [0.25, 0.3) is 0 Å². The first kappa shape index (κ1) is 23.7. The van der Waals surface area contributed by atoms with Crippen LogP contribution in [-0.2, 0) is 11.2 Å². The highest BCUT2D eigenvalue weighted by Crippen LogP contribution is 2.30. The summed E-state index contributed by atoms with van der Waals surface area (Å²) >= 11 is 0. The number of amides is 1. The van der Waals surface area contributed by atoms with Crippen LogP contribution in [0.15, 0.2) is 53.5 Å². The maximum absolute atomic E-state index is 13.2. The van der Waals surface area contributed by atoms with Gasteiger partial charge >= 0.3 is 0 Å². The Morgan fingerprint density at radius 3 is 2.63 bits per heavy atom. The van der Waals surface area contributed by atoms with Crippen LogP contribution in [-0.4, -0.2) is 51.3 Å². The molecular weight excluding hydrogens is 502 g/mol. The molecule has 1 heterocycles. The maximum Gasteiger partial charge on any atom is 0.224 e. The average molecular weight is 528 g/mol. The van der Waals surface area contributed by atoms with E-state index in [1.165, 1.54) is 12.1 Å². The Morgan fingerprint density at radius 2 is 1.87 bits per heavy atom. The number of ether oxygens (including phenoxy) is 2. The minimum absolute atomic E-state index is 0. The predicted octanol–water partition coefficient (Wildman–Crippen LogP) is 2.11. The largest absolute Gasteiger partial charge is 0.486 e. The SMILES string of the molecule is CN=C(NCCNC(=O)Cc1cccc(F)c1)NCC1COc2ccccc2O1.I. The lowest BCUT2D eigenvalue weighted by atomic mass is 10.1. The molecule has 0 aromatic heterocycles. The standard InChI is InChI=1S/C21H25FN4O3.HI/c1-23-21(26-13-17-14-28-18-7-2-3-8-19(18)29-17)25-10-9-24-20(27)12-15-5-4-6-16(22)11-15;/h2-8,11,17H,9-10,12-14H2,1H3,(H,24,27)(H2,23,25,26);1H. The van der Waals surface area contributed by atoms with Crippen LogP contribution >= 0.6 is 24.0 Å². The van der Waals surface area contributed by atoms with E-state index < -0.39 is 0 Å². The number of nitrogens with zero attached hydrogens (tertiary/aromatic N) is 1. The van der Waals surface area contributed by atoms with E-state index >= 15 is 0 Å². The number of carbonyl (C=O) groups excluding carboxylic acids is 1. The lowest BCUT2D eigenvalue weighted by Crippen LogP contribution is -2.46. The van der Waals surface area contributed by atoms with Crippen molar-refractivity contribution in [1.29, 1.82) is 0 Å². The number of guanidine groups is 1. The molecule has 9 heteroatoms. The number of hydrogen-bond acceptors (Lipinski definition) is 4. The second kappa shape index (κ2) is 12.2. The molecule has 162 valence electrons. The molecule has 1 atom stereocenters. The number of aliphatic imine (C=N–C) groups is 1. The highest BCUT2D eigenvalue weighted by Gasteiger charge is 2.20. The van der Waals surface area contributed by atoms with E-state index in [0.29, 0.717) is 37.8 Å². The number of fused-ring (bicyclic) bond motifs is 1. The van der Waals surface area contributed by atoms with Gasteiger partial charge in [-0.15, -0.1) is 24.0 Å². The molecule has 3 N–H and O–H groups in total. The van der Waals surface area contributed by atoms with E-state index in [0.717, 1.165) is 11.5 Å². The lowest BCUT2D eigenvalue weighted by Gasteiger charge is -2.27. The Kier molecular flexibility index (Phi) is 9.65. The second-order valence-corrected chi connectivity index (χ2v) is 6.53. The fourth-order valence-corrected chi connectivity index (χ4v) is 2.87. The zero-order chi connectivity index (χ0) is 20.5. The van der Waals surface area contributed by atoms with Crippen molar-refractivity contribution in [1.82, 2.24) is 16.0 Å². The second-order valence-electron chi connectivity index (χ2n) is 6.53. The molecule has 0 fully saturated rings. The monoisotopic (exact) mass is 528 g/mol. The number of halogens is 2. The third kappa shape index (κ3) is 7.36. The molecule has 1 aliphatic rings. The molecule has 0 aliphatic carbocycles. The Morgan fingerprint density at radius 1 is 1.10 bits per heavy atom. The molecule has 0 radical (unpaired) electrons. The Hall–Kier alpha value is -2.56. The fraction of sp³-hybridized carbons (Fsp3) is 0.333. The molecule has 3 rings (SSSR count). The summed E-state index contributed by atoms with van der Waals surface area (Å²) < 4.78 is 24.7. The van der Waals surface area contributed by atoms with E-state index in [9.17, 15) is 9.18 Å². The number of carbonyl (C=O) groups is 1. The van der Waals surface area contributed by atoms with Gasteiger partial charge < -0.3 is 25.4 Å². The molecule has 0 saturated heterocycles. The molecule has 1 amide bonds. The van der Waals surface area contributed by atoms with E-state index in [1.807, 2.05) is 24.3 Å². The van der Waals surface area contributed by atoms with Crippen molar-refractivity contribution in [2.45, 2.75) is 12.5 Å². The molecule has 2 aromatic carbocycles. The van der Waals surface area contributed by atoms with E-state index in [2.05, 4.69) is 20.9 Å². The number of para-hydroxylation sites is 2. The average Bonchev–Trinajstić information content (AvgIpc) is 2.73. The van der Waals surface area contributed by atoms with Gasteiger partial charge in [-0.25, -0.2) is 4.39 Å². The summed E-state index contributed by atoms with van der Waals surface area (Å²) in [4.78, 5) is 16.1. The number of rotatable bonds is 7. The third-order valence-corrected chi connectivity index (χ3v) is 4.28. The summed E-state index contributed by atoms with van der Waals surface area (Å²) in [5.41, 5.74) is 0.643. The van der Waals surface area contributed by atoms with Crippen LogP contribution in [0.4, 0.5) is 4.39 Å². The van der Waals surface area contributed by atoms with Gasteiger partial charge in [0.15, 0.2) is 17.5 Å². The van der Waals surface area contributed by atoms with E-state index in [4.69, 9.17) is 9.47 Å². The molecule has 0 saturated carbocycles.